The molecule has 0 bridgehead atoms. The summed E-state index contributed by atoms with van der Waals surface area (Å²) in [6.07, 6.45) is 5.75. The molecule has 84 valence electrons. The summed E-state index contributed by atoms with van der Waals surface area (Å²) in [6, 6.07) is 6.49. The van der Waals surface area contributed by atoms with Crippen LogP contribution < -0.4 is 5.73 Å². The third-order valence-electron chi connectivity index (χ3n) is 3.94. The molecule has 3 rings (SSSR count). The van der Waals surface area contributed by atoms with Gasteiger partial charge in [0.2, 0.25) is 0 Å². The highest BCUT2D eigenvalue weighted by atomic mass is 79.9. The fourth-order valence-corrected chi connectivity index (χ4v) is 3.19. The van der Waals surface area contributed by atoms with Gasteiger partial charge in [-0.2, -0.15) is 0 Å². The van der Waals surface area contributed by atoms with Crippen LogP contribution in [0.25, 0.3) is 10.9 Å². The van der Waals surface area contributed by atoms with Crippen molar-refractivity contribution >= 4 is 26.8 Å². The average Bonchev–Trinajstić information content (AvgIpc) is 2.61. The minimum atomic E-state index is 0.226. The van der Waals surface area contributed by atoms with Gasteiger partial charge in [-0.05, 0) is 34.3 Å². The number of H-pyrrole nitrogens is 1. The molecule has 1 aromatic heterocycles. The van der Waals surface area contributed by atoms with Gasteiger partial charge in [0, 0.05) is 28.0 Å². The summed E-state index contributed by atoms with van der Waals surface area (Å²) in [7, 11) is 0. The van der Waals surface area contributed by atoms with Gasteiger partial charge in [-0.3, -0.25) is 0 Å². The van der Waals surface area contributed by atoms with Crippen LogP contribution >= 0.6 is 15.9 Å². The second-order valence-corrected chi connectivity index (χ2v) is 5.56. The Morgan fingerprint density at radius 3 is 2.81 bits per heavy atom. The maximum Gasteiger partial charge on any atom is 0.0504 e. The molecule has 0 amide bonds. The van der Waals surface area contributed by atoms with Gasteiger partial charge in [-0.25, -0.2) is 0 Å². The van der Waals surface area contributed by atoms with E-state index in [0.29, 0.717) is 0 Å². The number of benzene rings is 1. The lowest BCUT2D eigenvalue weighted by Crippen LogP contribution is -2.41. The molecule has 3 heteroatoms. The van der Waals surface area contributed by atoms with Crippen LogP contribution in [0.2, 0.25) is 0 Å². The molecule has 3 N–H and O–H groups in total. The van der Waals surface area contributed by atoms with Crippen molar-refractivity contribution in [2.45, 2.75) is 24.7 Å². The van der Waals surface area contributed by atoms with Gasteiger partial charge in [0.05, 0.1) is 5.52 Å². The summed E-state index contributed by atoms with van der Waals surface area (Å²) >= 11 is 3.57. The van der Waals surface area contributed by atoms with Crippen LogP contribution in [-0.2, 0) is 5.41 Å². The lowest BCUT2D eigenvalue weighted by molar-refractivity contribution is 0.255. The number of para-hydroxylation sites is 1. The van der Waals surface area contributed by atoms with Crippen LogP contribution in [0, 0.1) is 0 Å². The first-order valence-corrected chi connectivity index (χ1v) is 6.52. The van der Waals surface area contributed by atoms with Crippen LogP contribution in [0.3, 0.4) is 0 Å². The molecular formula is C13H15BrN2. The Morgan fingerprint density at radius 2 is 2.19 bits per heavy atom. The largest absolute Gasteiger partial charge is 0.360 e. The summed E-state index contributed by atoms with van der Waals surface area (Å²) < 4.78 is 1.14. The fraction of sp³-hybridized carbons (Fsp3) is 0.385. The molecule has 1 saturated carbocycles. The number of aromatic nitrogens is 1. The number of aromatic amines is 1. The quantitative estimate of drug-likeness (QED) is 0.870. The second kappa shape index (κ2) is 3.60. The van der Waals surface area contributed by atoms with E-state index in [4.69, 9.17) is 5.73 Å². The third-order valence-corrected chi connectivity index (χ3v) is 4.59. The number of rotatable bonds is 2. The van der Waals surface area contributed by atoms with E-state index in [2.05, 4.69) is 39.1 Å². The van der Waals surface area contributed by atoms with E-state index in [1.165, 1.54) is 35.7 Å². The molecule has 0 saturated heterocycles. The van der Waals surface area contributed by atoms with Crippen molar-refractivity contribution in [1.29, 1.82) is 0 Å². The van der Waals surface area contributed by atoms with Crippen molar-refractivity contribution in [3.63, 3.8) is 0 Å². The molecule has 2 aromatic rings. The van der Waals surface area contributed by atoms with Crippen molar-refractivity contribution in [1.82, 2.24) is 4.98 Å². The van der Waals surface area contributed by atoms with Crippen molar-refractivity contribution in [3.05, 3.63) is 34.4 Å². The SMILES string of the molecule is NCC1(c2cccc3c(Br)c[nH]c23)CCC1. The molecule has 0 spiro atoms. The van der Waals surface area contributed by atoms with Crippen molar-refractivity contribution < 1.29 is 0 Å². The summed E-state index contributed by atoms with van der Waals surface area (Å²) in [6.45, 7) is 0.753. The molecule has 0 radical (unpaired) electrons. The smallest absolute Gasteiger partial charge is 0.0504 e. The maximum absolute atomic E-state index is 5.97. The number of nitrogens with one attached hydrogen (secondary N) is 1. The summed E-state index contributed by atoms with van der Waals surface area (Å²) in [4.78, 5) is 3.36. The zero-order valence-corrected chi connectivity index (χ0v) is 10.7. The molecule has 1 aliphatic carbocycles. The summed E-state index contributed by atoms with van der Waals surface area (Å²) in [5, 5.41) is 1.26. The first-order chi connectivity index (χ1) is 7.77. The zero-order chi connectivity index (χ0) is 11.2. The molecule has 2 nitrogen and oxygen atoms in total. The zero-order valence-electron chi connectivity index (χ0n) is 9.09. The van der Waals surface area contributed by atoms with E-state index in [0.717, 1.165) is 11.0 Å². The fourth-order valence-electron chi connectivity index (χ4n) is 2.75. The monoisotopic (exact) mass is 278 g/mol. The van der Waals surface area contributed by atoms with E-state index in [9.17, 15) is 0 Å². The lowest BCUT2D eigenvalue weighted by Gasteiger charge is -2.41. The molecule has 0 unspecified atom stereocenters. The Balaban J connectivity index is 2.23. The Bertz CT molecular complexity index is 520. The molecule has 1 aliphatic rings. The van der Waals surface area contributed by atoms with E-state index < -0.39 is 0 Å². The van der Waals surface area contributed by atoms with E-state index in [1.807, 2.05) is 6.20 Å². The first kappa shape index (κ1) is 10.4. The maximum atomic E-state index is 5.97. The van der Waals surface area contributed by atoms with Gasteiger partial charge in [-0.1, -0.05) is 24.6 Å². The Kier molecular flexibility index (Phi) is 2.33. The molecule has 1 fully saturated rings. The molecule has 1 aromatic carbocycles. The Hall–Kier alpha value is -0.800. The van der Waals surface area contributed by atoms with Gasteiger partial charge < -0.3 is 10.7 Å². The molecule has 1 heterocycles. The third kappa shape index (κ3) is 1.28. The van der Waals surface area contributed by atoms with Gasteiger partial charge in [-0.15, -0.1) is 0 Å². The lowest BCUT2D eigenvalue weighted by atomic mass is 9.64. The van der Waals surface area contributed by atoms with Crippen molar-refractivity contribution in [2.24, 2.45) is 5.73 Å². The second-order valence-electron chi connectivity index (χ2n) is 4.70. The minimum Gasteiger partial charge on any atom is -0.360 e. The van der Waals surface area contributed by atoms with Crippen LogP contribution in [0.5, 0.6) is 0 Å². The number of hydrogen-bond acceptors (Lipinski definition) is 1. The number of halogens is 1. The normalized spacial score (nSPS) is 18.6. The van der Waals surface area contributed by atoms with Gasteiger partial charge in [0.25, 0.3) is 0 Å². The molecule has 0 atom stereocenters. The van der Waals surface area contributed by atoms with Gasteiger partial charge in [0.1, 0.15) is 0 Å². The van der Waals surface area contributed by atoms with E-state index in [1.54, 1.807) is 0 Å². The Labute approximate surface area is 103 Å². The van der Waals surface area contributed by atoms with E-state index >= 15 is 0 Å². The minimum absolute atomic E-state index is 0.226. The number of hydrogen-bond donors (Lipinski definition) is 2. The molecule has 0 aliphatic heterocycles. The summed E-state index contributed by atoms with van der Waals surface area (Å²) in [5.74, 6) is 0. The van der Waals surface area contributed by atoms with Crippen LogP contribution in [0.1, 0.15) is 24.8 Å². The van der Waals surface area contributed by atoms with Crippen molar-refractivity contribution in [2.75, 3.05) is 6.54 Å². The standard InChI is InChI=1S/C13H15BrN2/c14-11-7-16-12-9(11)3-1-4-10(12)13(8-15)5-2-6-13/h1,3-4,7,16H,2,5-6,8,15H2. The average molecular weight is 279 g/mol. The highest BCUT2D eigenvalue weighted by Crippen LogP contribution is 2.45. The predicted octanol–water partition coefficient (Wildman–Crippen LogP) is 3.31. The van der Waals surface area contributed by atoms with Gasteiger partial charge >= 0.3 is 0 Å². The first-order valence-electron chi connectivity index (χ1n) is 5.73. The number of nitrogens with two attached hydrogens (primary N) is 1. The van der Waals surface area contributed by atoms with Crippen LogP contribution in [-0.4, -0.2) is 11.5 Å². The highest BCUT2D eigenvalue weighted by molar-refractivity contribution is 9.10. The summed E-state index contributed by atoms with van der Waals surface area (Å²) in [5.41, 5.74) is 8.84. The molecular weight excluding hydrogens is 264 g/mol. The topological polar surface area (TPSA) is 41.8 Å². The van der Waals surface area contributed by atoms with Gasteiger partial charge in [0.15, 0.2) is 0 Å². The van der Waals surface area contributed by atoms with Crippen LogP contribution in [0.4, 0.5) is 0 Å². The van der Waals surface area contributed by atoms with Crippen LogP contribution in [0.15, 0.2) is 28.9 Å². The predicted molar refractivity (Wildman–Crippen MR) is 70.6 cm³/mol. The highest BCUT2D eigenvalue weighted by Gasteiger charge is 2.38. The Morgan fingerprint density at radius 1 is 1.38 bits per heavy atom. The number of fused-ring (bicyclic) bond motifs is 1. The van der Waals surface area contributed by atoms with E-state index in [-0.39, 0.29) is 5.41 Å². The van der Waals surface area contributed by atoms with Crippen molar-refractivity contribution in [3.8, 4) is 0 Å². The molecule has 16 heavy (non-hydrogen) atoms.